The molecule has 2 aromatic heterocycles. The van der Waals surface area contributed by atoms with Crippen molar-refractivity contribution in [3.05, 3.63) is 48.3 Å². The van der Waals surface area contributed by atoms with E-state index in [0.29, 0.717) is 5.88 Å². The minimum Gasteiger partial charge on any atom is -0.327 e. The first-order chi connectivity index (χ1) is 8.79. The van der Waals surface area contributed by atoms with Crippen molar-refractivity contribution in [3.8, 4) is 11.4 Å². The number of rotatable bonds is 2. The zero-order valence-corrected chi connectivity index (χ0v) is 10.7. The van der Waals surface area contributed by atoms with Crippen LogP contribution in [0.5, 0.6) is 0 Å². The molecular formula is C14H12ClN3. The van der Waals surface area contributed by atoms with Crippen molar-refractivity contribution >= 4 is 22.6 Å². The summed E-state index contributed by atoms with van der Waals surface area (Å²) in [7, 11) is 2.01. The number of hydrogen-bond acceptors (Lipinski definition) is 2. The van der Waals surface area contributed by atoms with Gasteiger partial charge in [-0.05, 0) is 11.6 Å². The lowest BCUT2D eigenvalue weighted by atomic mass is 10.1. The van der Waals surface area contributed by atoms with Gasteiger partial charge in [0.2, 0.25) is 0 Å². The van der Waals surface area contributed by atoms with E-state index in [0.717, 1.165) is 28.0 Å². The van der Waals surface area contributed by atoms with Gasteiger partial charge in [0.1, 0.15) is 11.3 Å². The first kappa shape index (κ1) is 11.2. The second-order valence-electron chi connectivity index (χ2n) is 4.19. The fourth-order valence-electron chi connectivity index (χ4n) is 2.05. The highest BCUT2D eigenvalue weighted by atomic mass is 35.5. The highest BCUT2D eigenvalue weighted by Crippen LogP contribution is 2.23. The summed E-state index contributed by atoms with van der Waals surface area (Å²) in [5, 5.41) is 0. The highest BCUT2D eigenvalue weighted by molar-refractivity contribution is 6.17. The molecule has 3 rings (SSSR count). The van der Waals surface area contributed by atoms with Crippen molar-refractivity contribution in [1.29, 1.82) is 0 Å². The third kappa shape index (κ3) is 1.77. The summed E-state index contributed by atoms with van der Waals surface area (Å²) < 4.78 is 2.08. The van der Waals surface area contributed by atoms with Gasteiger partial charge < -0.3 is 4.57 Å². The summed E-state index contributed by atoms with van der Waals surface area (Å²) in [6.45, 7) is 0. The van der Waals surface area contributed by atoms with Gasteiger partial charge in [-0.25, -0.2) is 4.98 Å². The van der Waals surface area contributed by atoms with Gasteiger partial charge in [-0.2, -0.15) is 0 Å². The quantitative estimate of drug-likeness (QED) is 0.659. The summed E-state index contributed by atoms with van der Waals surface area (Å²) in [6.07, 6.45) is 3.57. The smallest absolute Gasteiger partial charge is 0.140 e. The zero-order chi connectivity index (χ0) is 12.5. The summed E-state index contributed by atoms with van der Waals surface area (Å²) in [4.78, 5) is 8.70. The van der Waals surface area contributed by atoms with Gasteiger partial charge in [0.15, 0.2) is 0 Å². The van der Waals surface area contributed by atoms with Crippen LogP contribution in [-0.2, 0) is 12.9 Å². The molecule has 1 aromatic carbocycles. The molecule has 0 N–H and O–H groups in total. The van der Waals surface area contributed by atoms with E-state index in [-0.39, 0.29) is 0 Å². The maximum Gasteiger partial charge on any atom is 0.140 e. The number of pyridine rings is 1. The van der Waals surface area contributed by atoms with E-state index in [2.05, 4.69) is 14.5 Å². The van der Waals surface area contributed by atoms with Gasteiger partial charge in [0, 0.05) is 24.7 Å². The number of aryl methyl sites for hydroxylation is 1. The normalized spacial score (nSPS) is 11.0. The Morgan fingerprint density at radius 2 is 1.94 bits per heavy atom. The third-order valence-corrected chi connectivity index (χ3v) is 3.36. The third-order valence-electron chi connectivity index (χ3n) is 3.05. The fraction of sp³-hybridized carbons (Fsp3) is 0.143. The molecule has 0 aliphatic heterocycles. The first-order valence-corrected chi connectivity index (χ1v) is 6.25. The number of halogens is 1. The molecule has 0 atom stereocenters. The van der Waals surface area contributed by atoms with Crippen LogP contribution in [0.25, 0.3) is 22.4 Å². The van der Waals surface area contributed by atoms with Gasteiger partial charge in [-0.3, -0.25) is 4.98 Å². The van der Waals surface area contributed by atoms with Crippen molar-refractivity contribution in [1.82, 2.24) is 14.5 Å². The van der Waals surface area contributed by atoms with Gasteiger partial charge in [0.05, 0.1) is 11.7 Å². The molecule has 0 saturated heterocycles. The van der Waals surface area contributed by atoms with E-state index >= 15 is 0 Å². The van der Waals surface area contributed by atoms with Gasteiger partial charge in [-0.1, -0.05) is 24.3 Å². The molecule has 18 heavy (non-hydrogen) atoms. The van der Waals surface area contributed by atoms with E-state index < -0.39 is 0 Å². The van der Waals surface area contributed by atoms with Gasteiger partial charge >= 0.3 is 0 Å². The van der Waals surface area contributed by atoms with Crippen molar-refractivity contribution < 1.29 is 0 Å². The SMILES string of the molecule is Cn1c(-c2ccc(CCl)cc2)nc2cnccc21. The molecule has 3 nitrogen and oxygen atoms in total. The number of benzene rings is 1. The Morgan fingerprint density at radius 1 is 1.17 bits per heavy atom. The van der Waals surface area contributed by atoms with E-state index in [9.17, 15) is 0 Å². The van der Waals surface area contributed by atoms with Crippen LogP contribution in [0.3, 0.4) is 0 Å². The van der Waals surface area contributed by atoms with Crippen LogP contribution >= 0.6 is 11.6 Å². The second-order valence-corrected chi connectivity index (χ2v) is 4.46. The molecule has 0 radical (unpaired) electrons. The zero-order valence-electron chi connectivity index (χ0n) is 9.97. The lowest BCUT2D eigenvalue weighted by Crippen LogP contribution is -1.92. The van der Waals surface area contributed by atoms with Crippen molar-refractivity contribution in [3.63, 3.8) is 0 Å². The Morgan fingerprint density at radius 3 is 2.61 bits per heavy atom. The van der Waals surface area contributed by atoms with Crippen molar-refractivity contribution in [2.75, 3.05) is 0 Å². The molecule has 0 aliphatic carbocycles. The maximum atomic E-state index is 5.79. The minimum absolute atomic E-state index is 0.534. The second kappa shape index (κ2) is 4.42. The molecule has 0 spiro atoms. The molecule has 0 bridgehead atoms. The molecular weight excluding hydrogens is 246 g/mol. The lowest BCUT2D eigenvalue weighted by Gasteiger charge is -2.03. The van der Waals surface area contributed by atoms with Crippen LogP contribution in [0, 0.1) is 0 Å². The molecule has 4 heteroatoms. The molecule has 0 aliphatic rings. The van der Waals surface area contributed by atoms with Crippen LogP contribution < -0.4 is 0 Å². The maximum absolute atomic E-state index is 5.79. The van der Waals surface area contributed by atoms with Crippen LogP contribution in [0.4, 0.5) is 0 Å². The molecule has 90 valence electrons. The Balaban J connectivity index is 2.15. The Kier molecular flexibility index (Phi) is 2.76. The van der Waals surface area contributed by atoms with Crippen LogP contribution in [0.2, 0.25) is 0 Å². The molecule has 0 saturated carbocycles. The minimum atomic E-state index is 0.534. The van der Waals surface area contributed by atoms with Gasteiger partial charge in [0.25, 0.3) is 0 Å². The number of nitrogens with zero attached hydrogens (tertiary/aromatic N) is 3. The average Bonchev–Trinajstić information content (AvgIpc) is 2.77. The Labute approximate surface area is 110 Å². The van der Waals surface area contributed by atoms with Crippen molar-refractivity contribution in [2.45, 2.75) is 5.88 Å². The Hall–Kier alpha value is -1.87. The topological polar surface area (TPSA) is 30.7 Å². The van der Waals surface area contributed by atoms with Crippen molar-refractivity contribution in [2.24, 2.45) is 7.05 Å². The fourth-order valence-corrected chi connectivity index (χ4v) is 2.23. The average molecular weight is 258 g/mol. The van der Waals surface area contributed by atoms with E-state index in [1.165, 1.54) is 0 Å². The molecule has 2 heterocycles. The van der Waals surface area contributed by atoms with Crippen LogP contribution in [0.15, 0.2) is 42.7 Å². The largest absolute Gasteiger partial charge is 0.327 e. The number of hydrogen-bond donors (Lipinski definition) is 0. The summed E-state index contributed by atoms with van der Waals surface area (Å²) in [6, 6.07) is 10.1. The number of imidazole rings is 1. The Bertz CT molecular complexity index is 686. The van der Waals surface area contributed by atoms with E-state index in [1.807, 2.05) is 37.4 Å². The monoisotopic (exact) mass is 257 g/mol. The standard InChI is InChI=1S/C14H12ClN3/c1-18-13-6-7-16-9-12(13)17-14(18)11-4-2-10(8-15)3-5-11/h2-7,9H,8H2,1H3. The summed E-state index contributed by atoms with van der Waals surface area (Å²) in [5.41, 5.74) is 4.20. The lowest BCUT2D eigenvalue weighted by molar-refractivity contribution is 0.959. The van der Waals surface area contributed by atoms with E-state index in [1.54, 1.807) is 12.4 Å². The number of alkyl halides is 1. The predicted molar refractivity (Wildman–Crippen MR) is 73.5 cm³/mol. The molecule has 3 aromatic rings. The molecule has 0 amide bonds. The first-order valence-electron chi connectivity index (χ1n) is 5.71. The predicted octanol–water partition coefficient (Wildman–Crippen LogP) is 3.37. The van der Waals surface area contributed by atoms with Crippen LogP contribution in [-0.4, -0.2) is 14.5 Å². The molecule has 0 fully saturated rings. The number of fused-ring (bicyclic) bond motifs is 1. The summed E-state index contributed by atoms with van der Waals surface area (Å²) in [5.74, 6) is 1.48. The molecule has 0 unspecified atom stereocenters. The van der Waals surface area contributed by atoms with Gasteiger partial charge in [-0.15, -0.1) is 11.6 Å². The summed E-state index contributed by atoms with van der Waals surface area (Å²) >= 11 is 5.79. The highest BCUT2D eigenvalue weighted by Gasteiger charge is 2.09. The number of aromatic nitrogens is 3. The van der Waals surface area contributed by atoms with E-state index in [4.69, 9.17) is 11.6 Å². The van der Waals surface area contributed by atoms with Crippen LogP contribution in [0.1, 0.15) is 5.56 Å².